The van der Waals surface area contributed by atoms with Gasteiger partial charge in [0, 0.05) is 18.8 Å². The first-order chi connectivity index (χ1) is 8.72. The highest BCUT2D eigenvalue weighted by atomic mass is 16.2. The minimum absolute atomic E-state index is 0.119. The van der Waals surface area contributed by atoms with Crippen LogP contribution in [0.5, 0.6) is 0 Å². The first kappa shape index (κ1) is 13.1. The zero-order valence-corrected chi connectivity index (χ0v) is 11.2. The van der Waals surface area contributed by atoms with E-state index >= 15 is 0 Å². The predicted octanol–water partition coefficient (Wildman–Crippen LogP) is 2.29. The number of amides is 1. The summed E-state index contributed by atoms with van der Waals surface area (Å²) < 4.78 is 0. The molecule has 0 spiro atoms. The van der Waals surface area contributed by atoms with E-state index in [0.29, 0.717) is 5.92 Å². The van der Waals surface area contributed by atoms with Crippen LogP contribution in [0.15, 0.2) is 30.3 Å². The molecule has 1 heterocycles. The average molecular weight is 246 g/mol. The Hall–Kier alpha value is -1.35. The summed E-state index contributed by atoms with van der Waals surface area (Å²) in [6.07, 6.45) is 0.995. The lowest BCUT2D eigenvalue weighted by molar-refractivity contribution is -0.123. The van der Waals surface area contributed by atoms with Crippen molar-refractivity contribution < 1.29 is 4.79 Å². The first-order valence-corrected chi connectivity index (χ1v) is 6.79. The smallest absolute Gasteiger partial charge is 0.231 e. The second-order valence-corrected chi connectivity index (χ2v) is 5.11. The first-order valence-electron chi connectivity index (χ1n) is 6.79. The van der Waals surface area contributed by atoms with Gasteiger partial charge < -0.3 is 10.2 Å². The summed E-state index contributed by atoms with van der Waals surface area (Å²) in [4.78, 5) is 14.5. The van der Waals surface area contributed by atoms with Crippen molar-refractivity contribution >= 4 is 11.6 Å². The van der Waals surface area contributed by atoms with Gasteiger partial charge in [-0.3, -0.25) is 4.79 Å². The number of hydrogen-bond donors (Lipinski definition) is 1. The molecule has 0 radical (unpaired) electrons. The summed E-state index contributed by atoms with van der Waals surface area (Å²) in [5.74, 6) is 0.957. The Labute approximate surface area is 109 Å². The van der Waals surface area contributed by atoms with Crippen LogP contribution in [-0.4, -0.2) is 25.5 Å². The molecule has 0 aromatic heterocycles. The zero-order valence-electron chi connectivity index (χ0n) is 11.2. The van der Waals surface area contributed by atoms with Crippen LogP contribution < -0.4 is 10.2 Å². The van der Waals surface area contributed by atoms with Gasteiger partial charge in [-0.15, -0.1) is 0 Å². The van der Waals surface area contributed by atoms with Crippen molar-refractivity contribution in [3.8, 4) is 0 Å². The minimum Gasteiger partial charge on any atom is -0.316 e. The fourth-order valence-corrected chi connectivity index (χ4v) is 2.64. The number of anilines is 1. The number of nitrogens with zero attached hydrogens (tertiary/aromatic N) is 1. The van der Waals surface area contributed by atoms with E-state index in [1.54, 1.807) is 0 Å². The summed E-state index contributed by atoms with van der Waals surface area (Å²) in [6.45, 7) is 6.80. The van der Waals surface area contributed by atoms with Gasteiger partial charge in [-0.25, -0.2) is 0 Å². The van der Waals surface area contributed by atoms with Crippen molar-refractivity contribution in [1.82, 2.24) is 5.32 Å². The number of carbonyl (C=O) groups excluding carboxylic acids is 1. The lowest BCUT2D eigenvalue weighted by Crippen LogP contribution is -2.45. The van der Waals surface area contributed by atoms with Crippen molar-refractivity contribution in [2.75, 3.05) is 24.5 Å². The minimum atomic E-state index is 0.119. The molecule has 2 atom stereocenters. The SMILES string of the molecule is CCN(C(=O)C1CNCC(C)C1)c1ccccc1. The number of para-hydroxylation sites is 1. The van der Waals surface area contributed by atoms with Crippen molar-refractivity contribution in [1.29, 1.82) is 0 Å². The average Bonchev–Trinajstić information content (AvgIpc) is 2.41. The second-order valence-electron chi connectivity index (χ2n) is 5.11. The van der Waals surface area contributed by atoms with Crippen LogP contribution >= 0.6 is 0 Å². The molecule has 1 saturated heterocycles. The number of carbonyl (C=O) groups is 1. The molecule has 2 rings (SSSR count). The molecule has 0 bridgehead atoms. The number of benzene rings is 1. The van der Waals surface area contributed by atoms with Crippen LogP contribution in [0.4, 0.5) is 5.69 Å². The maximum absolute atomic E-state index is 12.6. The van der Waals surface area contributed by atoms with Gasteiger partial charge in [-0.05, 0) is 37.9 Å². The number of nitrogens with one attached hydrogen (secondary N) is 1. The van der Waals surface area contributed by atoms with Crippen LogP contribution in [0.25, 0.3) is 0 Å². The van der Waals surface area contributed by atoms with Crippen molar-refractivity contribution in [3.63, 3.8) is 0 Å². The van der Waals surface area contributed by atoms with Crippen molar-refractivity contribution in [2.45, 2.75) is 20.3 Å². The fraction of sp³-hybridized carbons (Fsp3) is 0.533. The highest BCUT2D eigenvalue weighted by Gasteiger charge is 2.28. The molecule has 2 unspecified atom stereocenters. The Morgan fingerprint density at radius 2 is 2.06 bits per heavy atom. The molecular weight excluding hydrogens is 224 g/mol. The molecule has 1 amide bonds. The van der Waals surface area contributed by atoms with E-state index in [0.717, 1.165) is 31.7 Å². The molecule has 3 heteroatoms. The molecule has 1 N–H and O–H groups in total. The second kappa shape index (κ2) is 6.01. The predicted molar refractivity (Wildman–Crippen MR) is 74.6 cm³/mol. The van der Waals surface area contributed by atoms with Crippen LogP contribution in [0.1, 0.15) is 20.3 Å². The van der Waals surface area contributed by atoms with Crippen LogP contribution in [0.3, 0.4) is 0 Å². The summed E-state index contributed by atoms with van der Waals surface area (Å²) >= 11 is 0. The van der Waals surface area contributed by atoms with E-state index in [-0.39, 0.29) is 11.8 Å². The van der Waals surface area contributed by atoms with Crippen molar-refractivity contribution in [3.05, 3.63) is 30.3 Å². The quantitative estimate of drug-likeness (QED) is 0.887. The molecule has 1 fully saturated rings. The van der Waals surface area contributed by atoms with Gasteiger partial charge in [-0.1, -0.05) is 25.1 Å². The van der Waals surface area contributed by atoms with E-state index in [1.807, 2.05) is 42.2 Å². The molecule has 1 aromatic carbocycles. The van der Waals surface area contributed by atoms with E-state index in [1.165, 1.54) is 0 Å². The Bertz CT molecular complexity index is 391. The largest absolute Gasteiger partial charge is 0.316 e. The summed E-state index contributed by atoms with van der Waals surface area (Å²) in [7, 11) is 0. The maximum atomic E-state index is 12.6. The molecule has 0 saturated carbocycles. The number of rotatable bonds is 3. The molecule has 1 aromatic rings. The highest BCUT2D eigenvalue weighted by molar-refractivity contribution is 5.95. The molecular formula is C15H22N2O. The van der Waals surface area contributed by atoms with Gasteiger partial charge >= 0.3 is 0 Å². The normalized spacial score (nSPS) is 23.7. The zero-order chi connectivity index (χ0) is 13.0. The Kier molecular flexibility index (Phi) is 4.37. The lowest BCUT2D eigenvalue weighted by Gasteiger charge is -2.31. The topological polar surface area (TPSA) is 32.3 Å². The molecule has 1 aliphatic rings. The molecule has 18 heavy (non-hydrogen) atoms. The highest BCUT2D eigenvalue weighted by Crippen LogP contribution is 2.22. The van der Waals surface area contributed by atoms with Gasteiger partial charge in [0.25, 0.3) is 0 Å². The van der Waals surface area contributed by atoms with E-state index in [9.17, 15) is 4.79 Å². The van der Waals surface area contributed by atoms with Gasteiger partial charge in [0.1, 0.15) is 0 Å². The summed E-state index contributed by atoms with van der Waals surface area (Å²) in [5.41, 5.74) is 1.00. The number of hydrogen-bond acceptors (Lipinski definition) is 2. The standard InChI is InChI=1S/C15H22N2O/c1-3-17(14-7-5-4-6-8-14)15(18)13-9-12(2)10-16-11-13/h4-8,12-13,16H,3,9-11H2,1-2H3. The van der Waals surface area contributed by atoms with E-state index < -0.39 is 0 Å². The molecule has 1 aliphatic heterocycles. The van der Waals surface area contributed by atoms with Crippen molar-refractivity contribution in [2.24, 2.45) is 11.8 Å². The third-order valence-electron chi connectivity index (χ3n) is 3.57. The van der Waals surface area contributed by atoms with Gasteiger partial charge in [-0.2, -0.15) is 0 Å². The lowest BCUT2D eigenvalue weighted by atomic mass is 9.90. The van der Waals surface area contributed by atoms with Crippen LogP contribution in [0, 0.1) is 11.8 Å². The molecule has 3 nitrogen and oxygen atoms in total. The molecule has 98 valence electrons. The van der Waals surface area contributed by atoms with E-state index in [2.05, 4.69) is 12.2 Å². The summed E-state index contributed by atoms with van der Waals surface area (Å²) in [6, 6.07) is 9.94. The monoisotopic (exact) mass is 246 g/mol. The van der Waals surface area contributed by atoms with Gasteiger partial charge in [0.05, 0.1) is 5.92 Å². The third-order valence-corrected chi connectivity index (χ3v) is 3.57. The Morgan fingerprint density at radius 3 is 2.67 bits per heavy atom. The third kappa shape index (κ3) is 2.91. The van der Waals surface area contributed by atoms with Gasteiger partial charge in [0.15, 0.2) is 0 Å². The number of piperidine rings is 1. The fourth-order valence-electron chi connectivity index (χ4n) is 2.64. The summed E-state index contributed by atoms with van der Waals surface area (Å²) in [5, 5.41) is 3.35. The van der Waals surface area contributed by atoms with E-state index in [4.69, 9.17) is 0 Å². The molecule has 0 aliphatic carbocycles. The van der Waals surface area contributed by atoms with Gasteiger partial charge in [0.2, 0.25) is 5.91 Å². The maximum Gasteiger partial charge on any atom is 0.231 e. The Balaban J connectivity index is 2.10. The van der Waals surface area contributed by atoms with Crippen LogP contribution in [0.2, 0.25) is 0 Å². The van der Waals surface area contributed by atoms with Crippen LogP contribution in [-0.2, 0) is 4.79 Å². The Morgan fingerprint density at radius 1 is 1.33 bits per heavy atom.